The van der Waals surface area contributed by atoms with Crippen molar-refractivity contribution >= 4 is 55.0 Å². The molecule has 1 saturated carbocycles. The van der Waals surface area contributed by atoms with Gasteiger partial charge in [-0.05, 0) is 92.0 Å². The first-order valence-corrected chi connectivity index (χ1v) is 19.2. The summed E-state index contributed by atoms with van der Waals surface area (Å²) in [7, 11) is -7.97. The van der Waals surface area contributed by atoms with E-state index in [4.69, 9.17) is 11.6 Å². The van der Waals surface area contributed by atoms with E-state index in [-0.39, 0.29) is 40.9 Å². The molecule has 46 heavy (non-hydrogen) atoms. The Morgan fingerprint density at radius 1 is 1.09 bits per heavy atom. The number of hydrogen-bond donors (Lipinski definition) is 2. The molecular formula is C33H36ClN3O6S3. The number of carboxylic acids is 1. The zero-order valence-electron chi connectivity index (χ0n) is 25.1. The van der Waals surface area contributed by atoms with E-state index in [1.165, 1.54) is 77.0 Å². The van der Waals surface area contributed by atoms with Gasteiger partial charge in [-0.2, -0.15) is 4.31 Å². The zero-order valence-corrected chi connectivity index (χ0v) is 28.3. The van der Waals surface area contributed by atoms with Crippen molar-refractivity contribution in [1.29, 1.82) is 0 Å². The maximum atomic E-state index is 13.9. The van der Waals surface area contributed by atoms with Crippen molar-refractivity contribution in [1.82, 2.24) is 14.0 Å². The fourth-order valence-electron chi connectivity index (χ4n) is 5.29. The van der Waals surface area contributed by atoms with Crippen LogP contribution in [0.25, 0.3) is 6.08 Å². The number of thiazole rings is 1. The lowest BCUT2D eigenvalue weighted by atomic mass is 9.85. The van der Waals surface area contributed by atoms with Crippen LogP contribution in [0.3, 0.4) is 0 Å². The van der Waals surface area contributed by atoms with Crippen molar-refractivity contribution in [2.24, 2.45) is 5.92 Å². The Hall–Kier alpha value is -3.13. The molecule has 0 amide bonds. The van der Waals surface area contributed by atoms with Gasteiger partial charge in [0.05, 0.1) is 15.4 Å². The quantitative estimate of drug-likeness (QED) is 0.168. The Morgan fingerprint density at radius 2 is 1.85 bits per heavy atom. The molecule has 2 N–H and O–H groups in total. The first-order valence-electron chi connectivity index (χ1n) is 15.1. The summed E-state index contributed by atoms with van der Waals surface area (Å²) >= 11 is 7.58. The van der Waals surface area contributed by atoms with E-state index in [1.807, 2.05) is 30.5 Å². The van der Waals surface area contributed by atoms with Crippen molar-refractivity contribution < 1.29 is 26.7 Å². The monoisotopic (exact) mass is 701 g/mol. The third-order valence-electron chi connectivity index (χ3n) is 8.05. The molecule has 0 bridgehead atoms. The molecule has 1 atom stereocenters. The molecular weight excluding hydrogens is 666 g/mol. The average molecular weight is 702 g/mol. The minimum Gasteiger partial charge on any atom is -0.478 e. The van der Waals surface area contributed by atoms with Gasteiger partial charge in [-0.1, -0.05) is 54.5 Å². The van der Waals surface area contributed by atoms with E-state index in [1.54, 1.807) is 11.3 Å². The molecule has 3 aromatic rings. The summed E-state index contributed by atoms with van der Waals surface area (Å²) in [5.41, 5.74) is 0.483. The Kier molecular flexibility index (Phi) is 11.3. The Bertz CT molecular complexity index is 1850. The van der Waals surface area contributed by atoms with Crippen LogP contribution in [0.2, 0.25) is 5.02 Å². The van der Waals surface area contributed by atoms with Crippen molar-refractivity contribution in [2.75, 3.05) is 19.6 Å². The van der Waals surface area contributed by atoms with Crippen molar-refractivity contribution in [3.05, 3.63) is 105 Å². The Morgan fingerprint density at radius 3 is 2.57 bits per heavy atom. The summed E-state index contributed by atoms with van der Waals surface area (Å²) in [5, 5.41) is 11.1. The molecule has 5 rings (SSSR count). The summed E-state index contributed by atoms with van der Waals surface area (Å²) < 4.78 is 56.9. The molecule has 1 unspecified atom stereocenters. The van der Waals surface area contributed by atoms with Gasteiger partial charge in [0.25, 0.3) is 0 Å². The standard InChI is InChI=1S/C33H36ClN3O6S3/c34-27-14-16-28(17-15-27)45(40,41)36-19-3-4-20-37(46(42,43)31-12-2-1-11-29(31)33(38)39)23-25-8-5-7-24(21-25)13-18-32-35-22-30(44-32)26-9-6-10-26/h1-2,5,8,11-18,21-22,24,26,36H,3-4,6-7,9-10,19-20,23H2,(H,38,39)/b18-13+. The maximum Gasteiger partial charge on any atom is 0.337 e. The molecule has 2 aliphatic carbocycles. The molecule has 2 aliphatic rings. The van der Waals surface area contributed by atoms with Crippen LogP contribution in [-0.4, -0.2) is 56.8 Å². The van der Waals surface area contributed by atoms with Gasteiger partial charge in [0.1, 0.15) is 5.01 Å². The first kappa shape index (κ1) is 34.2. The summed E-state index contributed by atoms with van der Waals surface area (Å²) in [5.74, 6) is -0.652. The first-order chi connectivity index (χ1) is 22.0. The second kappa shape index (κ2) is 15.2. The molecule has 1 heterocycles. The van der Waals surface area contributed by atoms with Crippen molar-refractivity contribution in [2.45, 2.75) is 54.2 Å². The van der Waals surface area contributed by atoms with Gasteiger partial charge in [0.2, 0.25) is 20.0 Å². The fourth-order valence-corrected chi connectivity index (χ4v) is 9.14. The SMILES string of the molecule is O=C(O)c1ccccc1S(=O)(=O)N(CCCCNS(=O)(=O)c1ccc(Cl)cc1)CC1=CC(/C=C/c2ncc(C3CCC3)s2)CC=C1. The van der Waals surface area contributed by atoms with Crippen LogP contribution in [0.1, 0.15) is 64.7 Å². The van der Waals surface area contributed by atoms with Crippen molar-refractivity contribution in [3.8, 4) is 0 Å². The zero-order chi connectivity index (χ0) is 32.7. The number of rotatable bonds is 15. The highest BCUT2D eigenvalue weighted by atomic mass is 35.5. The summed E-state index contributed by atoms with van der Waals surface area (Å²) in [6, 6.07) is 11.4. The van der Waals surface area contributed by atoms with E-state index in [0.29, 0.717) is 23.8 Å². The molecule has 2 aromatic carbocycles. The van der Waals surface area contributed by atoms with Gasteiger partial charge < -0.3 is 5.11 Å². The van der Waals surface area contributed by atoms with Crippen LogP contribution in [-0.2, 0) is 20.0 Å². The second-order valence-corrected chi connectivity index (χ2v) is 16.5. The maximum absolute atomic E-state index is 13.9. The Balaban J connectivity index is 1.28. The minimum atomic E-state index is -4.21. The average Bonchev–Trinajstić information content (AvgIpc) is 3.47. The number of halogens is 1. The van der Waals surface area contributed by atoms with E-state index in [0.717, 1.165) is 17.0 Å². The lowest BCUT2D eigenvalue weighted by molar-refractivity contribution is 0.0692. The smallest absolute Gasteiger partial charge is 0.337 e. The van der Waals surface area contributed by atoms with Gasteiger partial charge in [0, 0.05) is 35.7 Å². The third-order valence-corrected chi connectivity index (χ3v) is 12.8. The molecule has 1 aromatic heterocycles. The van der Waals surface area contributed by atoms with Crippen LogP contribution >= 0.6 is 22.9 Å². The highest BCUT2D eigenvalue weighted by molar-refractivity contribution is 7.89. The van der Waals surface area contributed by atoms with Crippen LogP contribution < -0.4 is 4.72 Å². The number of nitrogens with zero attached hydrogens (tertiary/aromatic N) is 2. The molecule has 9 nitrogen and oxygen atoms in total. The highest BCUT2D eigenvalue weighted by Gasteiger charge is 2.29. The predicted octanol–water partition coefficient (Wildman–Crippen LogP) is 6.73. The number of hydrogen-bond acceptors (Lipinski definition) is 7. The van der Waals surface area contributed by atoms with Crippen molar-refractivity contribution in [3.63, 3.8) is 0 Å². The number of carboxylic acid groups (broad SMARTS) is 1. The van der Waals surface area contributed by atoms with E-state index in [2.05, 4.69) is 15.8 Å². The van der Waals surface area contributed by atoms with Crippen LogP contribution in [0.5, 0.6) is 0 Å². The third kappa shape index (κ3) is 8.61. The highest BCUT2D eigenvalue weighted by Crippen LogP contribution is 2.39. The molecule has 0 radical (unpaired) electrons. The van der Waals surface area contributed by atoms with Gasteiger partial charge in [-0.25, -0.2) is 31.3 Å². The van der Waals surface area contributed by atoms with Crippen LogP contribution in [0.15, 0.2) is 94.4 Å². The van der Waals surface area contributed by atoms with Gasteiger partial charge in [0.15, 0.2) is 0 Å². The number of carbonyl (C=O) groups is 1. The molecule has 0 aliphatic heterocycles. The van der Waals surface area contributed by atoms with Gasteiger partial charge in [-0.3, -0.25) is 0 Å². The molecule has 244 valence electrons. The number of aromatic nitrogens is 1. The van der Waals surface area contributed by atoms with Crippen LogP contribution in [0, 0.1) is 5.92 Å². The molecule has 0 saturated heterocycles. The summed E-state index contributed by atoms with van der Waals surface area (Å²) in [6.07, 6.45) is 17.2. The van der Waals surface area contributed by atoms with E-state index in [9.17, 15) is 26.7 Å². The number of aromatic carboxylic acids is 1. The summed E-state index contributed by atoms with van der Waals surface area (Å²) in [6.45, 7) is 0.198. The van der Waals surface area contributed by atoms with Crippen LogP contribution in [0.4, 0.5) is 0 Å². The molecule has 0 spiro atoms. The number of sulfonamides is 2. The minimum absolute atomic E-state index is 0.0384. The van der Waals surface area contributed by atoms with Gasteiger partial charge >= 0.3 is 5.97 Å². The van der Waals surface area contributed by atoms with E-state index >= 15 is 0 Å². The lowest BCUT2D eigenvalue weighted by Crippen LogP contribution is -2.35. The molecule has 1 fully saturated rings. The number of allylic oxidation sites excluding steroid dienone is 3. The molecule has 13 heteroatoms. The topological polar surface area (TPSA) is 134 Å². The summed E-state index contributed by atoms with van der Waals surface area (Å²) in [4.78, 5) is 17.6. The number of benzene rings is 2. The Labute approximate surface area is 279 Å². The normalized spacial score (nSPS) is 17.3. The lowest BCUT2D eigenvalue weighted by Gasteiger charge is -2.25. The largest absolute Gasteiger partial charge is 0.478 e. The van der Waals surface area contributed by atoms with E-state index < -0.39 is 26.0 Å². The fraction of sp³-hybridized carbons (Fsp3) is 0.333. The second-order valence-electron chi connectivity index (χ2n) is 11.3. The number of nitrogens with one attached hydrogen (secondary N) is 1. The number of unbranched alkanes of at least 4 members (excludes halogenated alkanes) is 1. The van der Waals surface area contributed by atoms with Gasteiger partial charge in [-0.15, -0.1) is 11.3 Å². The predicted molar refractivity (Wildman–Crippen MR) is 181 cm³/mol.